The Morgan fingerprint density at radius 2 is 1.71 bits per heavy atom. The first kappa shape index (κ1) is 27.0. The Morgan fingerprint density at radius 3 is 2.32 bits per heavy atom. The maximum absolute atomic E-state index is 13.2. The minimum Gasteiger partial charge on any atom is -0.480 e. The number of amides is 3. The molecule has 34 heavy (non-hydrogen) atoms. The minimum absolute atomic E-state index is 0.176. The van der Waals surface area contributed by atoms with Gasteiger partial charge in [-0.25, -0.2) is 9.59 Å². The average Bonchev–Trinajstić information content (AvgIpc) is 2.81. The number of rotatable bonds is 9. The number of carboxylic acid groups (broad SMARTS) is 1. The second-order valence-electron chi connectivity index (χ2n) is 8.43. The SMILES string of the molecule is CCCN(C(=O)N[C@@H](CSCC(C)C)C(=O)O)C(=O)c1cccc(C#Cc2ccc(C)cc2)c1. The fraction of sp³-hybridized carbons (Fsp3) is 0.370. The number of benzene rings is 2. The molecule has 2 aromatic carbocycles. The number of carboxylic acids is 1. The first-order valence-corrected chi connectivity index (χ1v) is 12.5. The van der Waals surface area contributed by atoms with Gasteiger partial charge in [-0.05, 0) is 55.3 Å². The van der Waals surface area contributed by atoms with E-state index in [9.17, 15) is 19.5 Å². The van der Waals surface area contributed by atoms with Gasteiger partial charge in [0.2, 0.25) is 0 Å². The van der Waals surface area contributed by atoms with E-state index in [4.69, 9.17) is 0 Å². The van der Waals surface area contributed by atoms with Gasteiger partial charge >= 0.3 is 12.0 Å². The molecule has 0 heterocycles. The number of carbonyl (C=O) groups excluding carboxylic acids is 2. The Kier molecular flexibility index (Phi) is 10.7. The highest BCUT2D eigenvalue weighted by Crippen LogP contribution is 2.12. The summed E-state index contributed by atoms with van der Waals surface area (Å²) in [6, 6.07) is 12.8. The van der Waals surface area contributed by atoms with Crippen LogP contribution in [-0.4, -0.2) is 52.0 Å². The average molecular weight is 481 g/mol. The third-order valence-corrected chi connectivity index (χ3v) is 6.25. The van der Waals surface area contributed by atoms with Crippen molar-refractivity contribution in [1.29, 1.82) is 0 Å². The summed E-state index contributed by atoms with van der Waals surface area (Å²) in [5, 5.41) is 12.0. The third-order valence-electron chi connectivity index (χ3n) is 4.78. The standard InChI is InChI=1S/C27H32N2O4S/c1-5-15-29(27(33)28-24(26(31)32)18-34-17-19(2)3)25(30)23-8-6-7-22(16-23)14-13-21-11-9-20(4)10-12-21/h6-12,16,19,24H,5,15,17-18H2,1-4H3,(H,28,33)(H,31,32)/t24-/m0/s1. The summed E-state index contributed by atoms with van der Waals surface area (Å²) < 4.78 is 0. The van der Waals surface area contributed by atoms with Gasteiger partial charge in [0, 0.05) is 29.0 Å². The van der Waals surface area contributed by atoms with Crippen molar-refractivity contribution >= 4 is 29.7 Å². The zero-order valence-corrected chi connectivity index (χ0v) is 20.9. The van der Waals surface area contributed by atoms with Gasteiger partial charge in [0.1, 0.15) is 6.04 Å². The highest BCUT2D eigenvalue weighted by molar-refractivity contribution is 7.99. The van der Waals surface area contributed by atoms with Crippen LogP contribution in [0.2, 0.25) is 0 Å². The number of carbonyl (C=O) groups is 3. The number of nitrogens with one attached hydrogen (secondary N) is 1. The van der Waals surface area contributed by atoms with E-state index in [1.165, 1.54) is 11.8 Å². The lowest BCUT2D eigenvalue weighted by Crippen LogP contribution is -2.51. The number of aryl methyl sites for hydroxylation is 1. The van der Waals surface area contributed by atoms with Crippen molar-refractivity contribution in [1.82, 2.24) is 10.2 Å². The fourth-order valence-corrected chi connectivity index (χ4v) is 4.08. The van der Waals surface area contributed by atoms with Crippen molar-refractivity contribution in [3.63, 3.8) is 0 Å². The van der Waals surface area contributed by atoms with E-state index in [0.29, 0.717) is 23.5 Å². The number of urea groups is 1. The summed E-state index contributed by atoms with van der Waals surface area (Å²) in [6.45, 7) is 8.12. The second-order valence-corrected chi connectivity index (χ2v) is 9.50. The molecule has 180 valence electrons. The molecule has 0 fully saturated rings. The maximum Gasteiger partial charge on any atom is 0.327 e. The number of thioether (sulfide) groups is 1. The van der Waals surface area contributed by atoms with E-state index in [2.05, 4.69) is 17.2 Å². The molecule has 2 rings (SSSR count). The number of hydrogen-bond acceptors (Lipinski definition) is 4. The summed E-state index contributed by atoms with van der Waals surface area (Å²) in [7, 11) is 0. The molecule has 3 amide bonds. The van der Waals surface area contributed by atoms with Crippen LogP contribution in [0.15, 0.2) is 48.5 Å². The van der Waals surface area contributed by atoms with Crippen LogP contribution >= 0.6 is 11.8 Å². The van der Waals surface area contributed by atoms with Crippen LogP contribution in [0.25, 0.3) is 0 Å². The van der Waals surface area contributed by atoms with Crippen molar-refractivity contribution in [2.24, 2.45) is 5.92 Å². The molecule has 0 aliphatic heterocycles. The van der Waals surface area contributed by atoms with Crippen molar-refractivity contribution in [3.05, 3.63) is 70.8 Å². The number of aliphatic carboxylic acids is 1. The molecule has 7 heteroatoms. The molecule has 0 spiro atoms. The Hall–Kier alpha value is -3.24. The van der Waals surface area contributed by atoms with Crippen molar-refractivity contribution < 1.29 is 19.5 Å². The van der Waals surface area contributed by atoms with Crippen LogP contribution < -0.4 is 5.32 Å². The molecule has 1 atom stereocenters. The summed E-state index contributed by atoms with van der Waals surface area (Å²) >= 11 is 1.46. The molecule has 0 aliphatic carbocycles. The summed E-state index contributed by atoms with van der Waals surface area (Å²) in [5.74, 6) is 5.95. The Balaban J connectivity index is 2.16. The molecule has 0 bridgehead atoms. The Bertz CT molecular complexity index is 1050. The van der Waals surface area contributed by atoms with Gasteiger partial charge in [0.25, 0.3) is 5.91 Å². The molecule has 0 aliphatic rings. The van der Waals surface area contributed by atoms with Crippen LogP contribution in [-0.2, 0) is 4.79 Å². The second kappa shape index (κ2) is 13.5. The van der Waals surface area contributed by atoms with Gasteiger partial charge in [0.15, 0.2) is 0 Å². The van der Waals surface area contributed by atoms with Gasteiger partial charge in [-0.15, -0.1) is 0 Å². The van der Waals surface area contributed by atoms with Gasteiger partial charge in [-0.2, -0.15) is 11.8 Å². The van der Waals surface area contributed by atoms with E-state index in [1.54, 1.807) is 24.3 Å². The first-order valence-electron chi connectivity index (χ1n) is 11.3. The molecule has 0 radical (unpaired) electrons. The van der Waals surface area contributed by atoms with E-state index in [-0.39, 0.29) is 12.3 Å². The fourth-order valence-electron chi connectivity index (χ4n) is 3.01. The van der Waals surface area contributed by atoms with Gasteiger partial charge in [-0.1, -0.05) is 56.4 Å². The van der Waals surface area contributed by atoms with Crippen molar-refractivity contribution in [3.8, 4) is 11.8 Å². The number of imide groups is 1. The first-order chi connectivity index (χ1) is 16.2. The maximum atomic E-state index is 13.2. The zero-order valence-electron chi connectivity index (χ0n) is 20.1. The smallest absolute Gasteiger partial charge is 0.327 e. The third kappa shape index (κ3) is 8.60. The van der Waals surface area contributed by atoms with Gasteiger partial charge in [-0.3, -0.25) is 9.69 Å². The Labute approximate surface area is 206 Å². The largest absolute Gasteiger partial charge is 0.480 e. The highest BCUT2D eigenvalue weighted by atomic mass is 32.2. The topological polar surface area (TPSA) is 86.7 Å². The highest BCUT2D eigenvalue weighted by Gasteiger charge is 2.27. The molecular formula is C27H32N2O4S. The molecule has 0 aromatic heterocycles. The predicted molar refractivity (Wildman–Crippen MR) is 137 cm³/mol. The minimum atomic E-state index is -1.12. The van der Waals surface area contributed by atoms with Crippen LogP contribution in [0.5, 0.6) is 0 Å². The van der Waals surface area contributed by atoms with Gasteiger partial charge < -0.3 is 10.4 Å². The zero-order chi connectivity index (χ0) is 25.1. The van der Waals surface area contributed by atoms with Gasteiger partial charge in [0.05, 0.1) is 0 Å². The van der Waals surface area contributed by atoms with Crippen molar-refractivity contribution in [2.45, 2.75) is 40.2 Å². The lowest BCUT2D eigenvalue weighted by atomic mass is 10.1. The molecule has 6 nitrogen and oxygen atoms in total. The van der Waals surface area contributed by atoms with E-state index >= 15 is 0 Å². The molecule has 0 saturated heterocycles. The summed E-state index contributed by atoms with van der Waals surface area (Å²) in [5.41, 5.74) is 2.98. The number of hydrogen-bond donors (Lipinski definition) is 2. The number of nitrogens with zero attached hydrogens (tertiary/aromatic N) is 1. The lowest BCUT2D eigenvalue weighted by Gasteiger charge is -2.23. The van der Waals surface area contributed by atoms with Crippen LogP contribution in [0.1, 0.15) is 54.2 Å². The lowest BCUT2D eigenvalue weighted by molar-refractivity contribution is -0.138. The van der Waals surface area contributed by atoms with Crippen LogP contribution in [0, 0.1) is 24.7 Å². The van der Waals surface area contributed by atoms with Crippen LogP contribution in [0.3, 0.4) is 0 Å². The monoisotopic (exact) mass is 480 g/mol. The molecule has 0 unspecified atom stereocenters. The van der Waals surface area contributed by atoms with E-state index < -0.39 is 23.9 Å². The molecule has 2 N–H and O–H groups in total. The quantitative estimate of drug-likeness (QED) is 0.504. The molecule has 2 aromatic rings. The van der Waals surface area contributed by atoms with Crippen LogP contribution in [0.4, 0.5) is 4.79 Å². The Morgan fingerprint density at radius 1 is 1.03 bits per heavy atom. The predicted octanol–water partition coefficient (Wildman–Crippen LogP) is 4.80. The normalized spacial score (nSPS) is 11.3. The molecule has 0 saturated carbocycles. The summed E-state index contributed by atoms with van der Waals surface area (Å²) in [6.07, 6.45) is 0.548. The van der Waals surface area contributed by atoms with E-state index in [0.717, 1.165) is 21.8 Å². The van der Waals surface area contributed by atoms with E-state index in [1.807, 2.05) is 52.0 Å². The molecular weight excluding hydrogens is 448 g/mol. The summed E-state index contributed by atoms with van der Waals surface area (Å²) in [4.78, 5) is 38.7. The van der Waals surface area contributed by atoms with Crippen molar-refractivity contribution in [2.75, 3.05) is 18.1 Å².